The second kappa shape index (κ2) is 6.86. The van der Waals surface area contributed by atoms with Crippen LogP contribution in [0, 0.1) is 0 Å². The van der Waals surface area contributed by atoms with Gasteiger partial charge in [0.25, 0.3) is 5.91 Å². The van der Waals surface area contributed by atoms with Crippen molar-refractivity contribution in [2.75, 3.05) is 7.05 Å². The van der Waals surface area contributed by atoms with Crippen LogP contribution in [-0.2, 0) is 0 Å². The van der Waals surface area contributed by atoms with Crippen LogP contribution in [0.1, 0.15) is 36.0 Å². The van der Waals surface area contributed by atoms with E-state index in [2.05, 4.69) is 21.2 Å². The normalized spacial score (nSPS) is 27.1. The van der Waals surface area contributed by atoms with Crippen LogP contribution in [0.3, 0.4) is 0 Å². The van der Waals surface area contributed by atoms with Crippen LogP contribution in [-0.4, -0.2) is 36.0 Å². The standard InChI is InChI=1S/C15H18BrClN2O.ClH/c1-19(12-7-10-3-4-11(8-12)18-10)15(20)13-5-2-9(16)6-14(13)17;/h2,5-6,10-12,18H,3-4,7-8H2,1H3;1H. The average Bonchev–Trinajstić information content (AvgIpc) is 2.76. The fraction of sp³-hybridized carbons (Fsp3) is 0.533. The van der Waals surface area contributed by atoms with Crippen molar-refractivity contribution in [3.8, 4) is 0 Å². The predicted molar refractivity (Wildman–Crippen MR) is 91.5 cm³/mol. The molecule has 3 rings (SSSR count). The minimum absolute atomic E-state index is 0. The largest absolute Gasteiger partial charge is 0.339 e. The van der Waals surface area contributed by atoms with Gasteiger partial charge in [-0.15, -0.1) is 12.4 Å². The van der Waals surface area contributed by atoms with Gasteiger partial charge in [-0.3, -0.25) is 4.79 Å². The lowest BCUT2D eigenvalue weighted by Gasteiger charge is -2.35. The van der Waals surface area contributed by atoms with E-state index in [4.69, 9.17) is 11.6 Å². The summed E-state index contributed by atoms with van der Waals surface area (Å²) in [4.78, 5) is 14.5. The zero-order chi connectivity index (χ0) is 14.3. The lowest BCUT2D eigenvalue weighted by molar-refractivity contribution is 0.0682. The Balaban J connectivity index is 0.00000161. The Kier molecular flexibility index (Phi) is 5.58. The van der Waals surface area contributed by atoms with Gasteiger partial charge in [0.2, 0.25) is 0 Å². The van der Waals surface area contributed by atoms with Crippen molar-refractivity contribution >= 4 is 45.8 Å². The monoisotopic (exact) mass is 392 g/mol. The Morgan fingerprint density at radius 1 is 1.33 bits per heavy atom. The summed E-state index contributed by atoms with van der Waals surface area (Å²) in [6, 6.07) is 6.90. The fourth-order valence-electron chi connectivity index (χ4n) is 3.36. The molecule has 6 heteroatoms. The van der Waals surface area contributed by atoms with E-state index in [1.54, 1.807) is 12.1 Å². The third-order valence-corrected chi connectivity index (χ3v) is 5.28. The molecule has 2 unspecified atom stereocenters. The van der Waals surface area contributed by atoms with Crippen LogP contribution in [0.15, 0.2) is 22.7 Å². The molecule has 0 aliphatic carbocycles. The minimum Gasteiger partial charge on any atom is -0.339 e. The van der Waals surface area contributed by atoms with E-state index in [1.165, 1.54) is 12.8 Å². The summed E-state index contributed by atoms with van der Waals surface area (Å²) in [6.45, 7) is 0. The molecule has 0 radical (unpaired) electrons. The number of benzene rings is 1. The number of carbonyl (C=O) groups excluding carboxylic acids is 1. The summed E-state index contributed by atoms with van der Waals surface area (Å²) in [5.41, 5.74) is 0.586. The predicted octanol–water partition coefficient (Wildman–Crippen LogP) is 3.88. The molecule has 2 fully saturated rings. The van der Waals surface area contributed by atoms with Crippen LogP contribution >= 0.6 is 39.9 Å². The van der Waals surface area contributed by atoms with E-state index in [0.717, 1.165) is 17.3 Å². The Bertz CT molecular complexity index is 528. The molecule has 2 atom stereocenters. The molecular formula is C15H19BrCl2N2O. The summed E-state index contributed by atoms with van der Waals surface area (Å²) in [5.74, 6) is 0.0220. The number of halogens is 3. The van der Waals surface area contributed by atoms with Crippen LogP contribution in [0.2, 0.25) is 5.02 Å². The Morgan fingerprint density at radius 2 is 1.95 bits per heavy atom. The van der Waals surface area contributed by atoms with Crippen molar-refractivity contribution in [1.82, 2.24) is 10.2 Å². The van der Waals surface area contributed by atoms with E-state index >= 15 is 0 Å². The van der Waals surface area contributed by atoms with Gasteiger partial charge in [-0.2, -0.15) is 0 Å². The van der Waals surface area contributed by atoms with Gasteiger partial charge in [0.1, 0.15) is 0 Å². The van der Waals surface area contributed by atoms with Crippen molar-refractivity contribution in [1.29, 1.82) is 0 Å². The van der Waals surface area contributed by atoms with Crippen molar-refractivity contribution in [3.05, 3.63) is 33.3 Å². The summed E-state index contributed by atoms with van der Waals surface area (Å²) >= 11 is 9.55. The first-order valence-electron chi connectivity index (χ1n) is 7.03. The molecule has 116 valence electrons. The molecular weight excluding hydrogens is 375 g/mol. The lowest BCUT2D eigenvalue weighted by atomic mass is 9.98. The first kappa shape index (κ1) is 17.1. The second-order valence-corrected chi connectivity index (χ2v) is 7.13. The van der Waals surface area contributed by atoms with Gasteiger partial charge < -0.3 is 10.2 Å². The van der Waals surface area contributed by atoms with Crippen molar-refractivity contribution in [2.45, 2.75) is 43.8 Å². The Hall–Kier alpha value is -0.290. The maximum absolute atomic E-state index is 12.6. The van der Waals surface area contributed by atoms with Gasteiger partial charge >= 0.3 is 0 Å². The summed E-state index contributed by atoms with van der Waals surface area (Å²) in [5, 5.41) is 4.11. The SMILES string of the molecule is CN(C(=O)c1ccc(Br)cc1Cl)C1CC2CCC(C1)N2.Cl. The van der Waals surface area contributed by atoms with Crippen molar-refractivity contribution in [3.63, 3.8) is 0 Å². The number of fused-ring (bicyclic) bond motifs is 2. The highest BCUT2D eigenvalue weighted by Gasteiger charge is 2.36. The molecule has 0 spiro atoms. The van der Waals surface area contributed by atoms with Gasteiger partial charge in [0, 0.05) is 29.6 Å². The molecule has 3 nitrogen and oxygen atoms in total. The molecule has 1 amide bonds. The van der Waals surface area contributed by atoms with E-state index in [9.17, 15) is 4.79 Å². The summed E-state index contributed by atoms with van der Waals surface area (Å²) in [6.07, 6.45) is 4.57. The third kappa shape index (κ3) is 3.55. The number of nitrogens with zero attached hydrogens (tertiary/aromatic N) is 1. The number of rotatable bonds is 2. The molecule has 1 aromatic carbocycles. The van der Waals surface area contributed by atoms with Gasteiger partial charge in [-0.25, -0.2) is 0 Å². The Morgan fingerprint density at radius 3 is 2.52 bits per heavy atom. The molecule has 1 N–H and O–H groups in total. The van der Waals surface area contributed by atoms with Crippen LogP contribution in [0.4, 0.5) is 0 Å². The number of carbonyl (C=O) groups is 1. The molecule has 2 heterocycles. The van der Waals surface area contributed by atoms with Crippen molar-refractivity contribution in [2.24, 2.45) is 0 Å². The number of piperidine rings is 1. The zero-order valence-corrected chi connectivity index (χ0v) is 15.0. The highest BCUT2D eigenvalue weighted by Crippen LogP contribution is 2.31. The van der Waals surface area contributed by atoms with Crippen LogP contribution < -0.4 is 5.32 Å². The van der Waals surface area contributed by atoms with Gasteiger partial charge in [0.15, 0.2) is 0 Å². The quantitative estimate of drug-likeness (QED) is 0.826. The molecule has 2 aliphatic rings. The van der Waals surface area contributed by atoms with Crippen LogP contribution in [0.25, 0.3) is 0 Å². The number of amides is 1. The molecule has 2 bridgehead atoms. The smallest absolute Gasteiger partial charge is 0.255 e. The molecule has 2 saturated heterocycles. The summed E-state index contributed by atoms with van der Waals surface area (Å²) < 4.78 is 0.890. The molecule has 0 saturated carbocycles. The van der Waals surface area contributed by atoms with E-state index in [0.29, 0.717) is 28.7 Å². The van der Waals surface area contributed by atoms with Crippen molar-refractivity contribution < 1.29 is 4.79 Å². The van der Waals surface area contributed by atoms with Gasteiger partial charge in [-0.1, -0.05) is 27.5 Å². The molecule has 2 aliphatic heterocycles. The lowest BCUT2D eigenvalue weighted by Crippen LogP contribution is -2.48. The zero-order valence-electron chi connectivity index (χ0n) is 11.8. The fourth-order valence-corrected chi connectivity index (χ4v) is 4.12. The van der Waals surface area contributed by atoms with Gasteiger partial charge in [-0.05, 0) is 43.9 Å². The maximum Gasteiger partial charge on any atom is 0.255 e. The second-order valence-electron chi connectivity index (χ2n) is 5.80. The first-order valence-corrected chi connectivity index (χ1v) is 8.20. The topological polar surface area (TPSA) is 32.3 Å². The highest BCUT2D eigenvalue weighted by atomic mass is 79.9. The number of nitrogens with one attached hydrogen (secondary N) is 1. The minimum atomic E-state index is 0. The molecule has 1 aromatic rings. The first-order chi connectivity index (χ1) is 9.54. The Labute approximate surface area is 144 Å². The van der Waals surface area contributed by atoms with Gasteiger partial charge in [0.05, 0.1) is 10.6 Å². The highest BCUT2D eigenvalue weighted by molar-refractivity contribution is 9.10. The van der Waals surface area contributed by atoms with E-state index in [-0.39, 0.29) is 18.3 Å². The molecule has 21 heavy (non-hydrogen) atoms. The summed E-state index contributed by atoms with van der Waals surface area (Å²) in [7, 11) is 1.90. The average molecular weight is 394 g/mol. The van der Waals surface area contributed by atoms with Crippen LogP contribution in [0.5, 0.6) is 0 Å². The number of hydrogen-bond acceptors (Lipinski definition) is 2. The third-order valence-electron chi connectivity index (χ3n) is 4.48. The number of hydrogen-bond donors (Lipinski definition) is 1. The van der Waals surface area contributed by atoms with E-state index < -0.39 is 0 Å². The van der Waals surface area contributed by atoms with E-state index in [1.807, 2.05) is 18.0 Å². The maximum atomic E-state index is 12.6. The molecule has 0 aromatic heterocycles.